The van der Waals surface area contributed by atoms with Crippen LogP contribution in [0.4, 0.5) is 17.6 Å². The van der Waals surface area contributed by atoms with Crippen molar-refractivity contribution < 1.29 is 31.8 Å². The van der Waals surface area contributed by atoms with E-state index in [0.717, 1.165) is 12.1 Å². The number of carbonyl (C=O) groups excluding carboxylic acids is 1. The first-order valence-corrected chi connectivity index (χ1v) is 8.37. The topological polar surface area (TPSA) is 59.6 Å². The Labute approximate surface area is 159 Å². The molecule has 0 spiro atoms. The summed E-state index contributed by atoms with van der Waals surface area (Å²) in [5.74, 6) is -2.20. The lowest BCUT2D eigenvalue weighted by molar-refractivity contribution is -0.120. The molecule has 0 saturated heterocycles. The molecular weight excluding hydrogens is 380 g/mol. The van der Waals surface area contributed by atoms with Crippen LogP contribution < -0.4 is 20.1 Å². The third-order valence-electron chi connectivity index (χ3n) is 3.95. The second-order valence-corrected chi connectivity index (χ2v) is 5.92. The molecule has 0 radical (unpaired) electrons. The van der Waals surface area contributed by atoms with Gasteiger partial charge in [-0.3, -0.25) is 4.79 Å². The molecule has 1 atom stereocenters. The van der Waals surface area contributed by atoms with Gasteiger partial charge in [0.1, 0.15) is 0 Å². The van der Waals surface area contributed by atoms with E-state index in [9.17, 15) is 22.4 Å². The summed E-state index contributed by atoms with van der Waals surface area (Å²) < 4.78 is 60.2. The summed E-state index contributed by atoms with van der Waals surface area (Å²) in [6.07, 6.45) is 0. The van der Waals surface area contributed by atoms with Crippen molar-refractivity contribution in [1.29, 1.82) is 0 Å². The Morgan fingerprint density at radius 2 is 1.82 bits per heavy atom. The van der Waals surface area contributed by atoms with Gasteiger partial charge in [0, 0.05) is 12.6 Å². The number of halogens is 4. The lowest BCUT2D eigenvalue weighted by Gasteiger charge is -2.15. The van der Waals surface area contributed by atoms with Crippen LogP contribution in [0.5, 0.6) is 11.5 Å². The van der Waals surface area contributed by atoms with E-state index in [1.54, 1.807) is 6.92 Å². The van der Waals surface area contributed by atoms with Crippen molar-refractivity contribution in [2.24, 2.45) is 0 Å². The molecule has 0 unspecified atom stereocenters. The minimum atomic E-state index is -2.97. The monoisotopic (exact) mass is 400 g/mol. The summed E-state index contributed by atoms with van der Waals surface area (Å²) in [6, 6.07) is 7.50. The van der Waals surface area contributed by atoms with Crippen molar-refractivity contribution in [2.45, 2.75) is 26.1 Å². The van der Waals surface area contributed by atoms with Gasteiger partial charge in [0.2, 0.25) is 5.91 Å². The average molecular weight is 400 g/mol. The normalized spacial score (nSPS) is 12.0. The number of benzene rings is 2. The minimum absolute atomic E-state index is 0.0517. The Balaban J connectivity index is 1.85. The molecule has 9 heteroatoms. The molecule has 1 amide bonds. The molecule has 2 rings (SSSR count). The van der Waals surface area contributed by atoms with Gasteiger partial charge in [0.25, 0.3) is 0 Å². The Kier molecular flexibility index (Phi) is 7.62. The minimum Gasteiger partial charge on any atom is -0.493 e. The number of carbonyl (C=O) groups is 1. The third-order valence-corrected chi connectivity index (χ3v) is 3.95. The lowest BCUT2D eigenvalue weighted by atomic mass is 10.1. The summed E-state index contributed by atoms with van der Waals surface area (Å²) in [5, 5.41) is 5.56. The summed E-state index contributed by atoms with van der Waals surface area (Å²) in [7, 11) is 1.32. The maximum atomic E-state index is 13.3. The average Bonchev–Trinajstić information content (AvgIpc) is 2.66. The Morgan fingerprint density at radius 1 is 1.07 bits per heavy atom. The van der Waals surface area contributed by atoms with Gasteiger partial charge < -0.3 is 20.1 Å². The number of hydrogen-bond acceptors (Lipinski definition) is 4. The van der Waals surface area contributed by atoms with Crippen LogP contribution in [0.3, 0.4) is 0 Å². The van der Waals surface area contributed by atoms with E-state index in [4.69, 9.17) is 4.74 Å². The maximum absolute atomic E-state index is 13.3. The Hall–Kier alpha value is -2.81. The van der Waals surface area contributed by atoms with E-state index in [2.05, 4.69) is 15.4 Å². The zero-order valence-corrected chi connectivity index (χ0v) is 15.3. The molecule has 152 valence electrons. The fourth-order valence-electron chi connectivity index (χ4n) is 2.42. The second-order valence-electron chi connectivity index (χ2n) is 5.92. The van der Waals surface area contributed by atoms with Crippen molar-refractivity contribution in [3.63, 3.8) is 0 Å². The number of amides is 1. The summed E-state index contributed by atoms with van der Waals surface area (Å²) >= 11 is 0. The van der Waals surface area contributed by atoms with Crippen LogP contribution in [-0.2, 0) is 11.3 Å². The smallest absolute Gasteiger partial charge is 0.387 e. The summed E-state index contributed by atoms with van der Waals surface area (Å²) in [5.41, 5.74) is 1.13. The molecule has 2 aromatic rings. The molecule has 0 fully saturated rings. The SMILES string of the molecule is COc1cc(CNC(=O)CN[C@@H](C)c2ccc(F)c(F)c2)ccc1OC(F)F. The number of nitrogens with one attached hydrogen (secondary N) is 2. The number of hydrogen-bond donors (Lipinski definition) is 2. The highest BCUT2D eigenvalue weighted by Gasteiger charge is 2.13. The van der Waals surface area contributed by atoms with Crippen LogP contribution in [0.2, 0.25) is 0 Å². The van der Waals surface area contributed by atoms with Gasteiger partial charge in [0.15, 0.2) is 23.1 Å². The van der Waals surface area contributed by atoms with Crippen LogP contribution in [0.15, 0.2) is 36.4 Å². The van der Waals surface area contributed by atoms with Crippen LogP contribution in [0.1, 0.15) is 24.1 Å². The second kappa shape index (κ2) is 9.93. The highest BCUT2D eigenvalue weighted by Crippen LogP contribution is 2.29. The van der Waals surface area contributed by atoms with Crippen LogP contribution >= 0.6 is 0 Å². The molecule has 0 aliphatic heterocycles. The Bertz CT molecular complexity index is 818. The largest absolute Gasteiger partial charge is 0.493 e. The van der Waals surface area contributed by atoms with Gasteiger partial charge >= 0.3 is 6.61 Å². The van der Waals surface area contributed by atoms with E-state index in [0.29, 0.717) is 11.1 Å². The predicted octanol–water partition coefficient (Wildman–Crippen LogP) is 3.54. The number of alkyl halides is 2. The quantitative estimate of drug-likeness (QED) is 0.633. The van der Waals surface area contributed by atoms with Crippen LogP contribution in [0.25, 0.3) is 0 Å². The molecule has 0 saturated carbocycles. The standard InChI is InChI=1S/C19H20F4N2O3/c1-11(13-4-5-14(20)15(21)8-13)24-10-18(26)25-9-12-3-6-16(28-19(22)23)17(7-12)27-2/h3-8,11,19,24H,9-10H2,1-2H3,(H,25,26)/t11-/m0/s1. The van der Waals surface area contributed by atoms with Gasteiger partial charge in [0.05, 0.1) is 13.7 Å². The zero-order valence-electron chi connectivity index (χ0n) is 15.3. The molecule has 0 aromatic heterocycles. The highest BCUT2D eigenvalue weighted by molar-refractivity contribution is 5.78. The summed E-state index contributed by atoms with van der Waals surface area (Å²) in [4.78, 5) is 12.0. The highest BCUT2D eigenvalue weighted by atomic mass is 19.3. The molecule has 0 bridgehead atoms. The van der Waals surface area contributed by atoms with Gasteiger partial charge in [-0.05, 0) is 42.3 Å². The van der Waals surface area contributed by atoms with E-state index in [-0.39, 0.29) is 36.5 Å². The van der Waals surface area contributed by atoms with E-state index in [1.165, 1.54) is 31.4 Å². The van der Waals surface area contributed by atoms with Crippen molar-refractivity contribution in [2.75, 3.05) is 13.7 Å². The number of methoxy groups -OCH3 is 1. The number of ether oxygens (including phenoxy) is 2. The molecule has 5 nitrogen and oxygen atoms in total. The maximum Gasteiger partial charge on any atom is 0.387 e. The Morgan fingerprint density at radius 3 is 2.46 bits per heavy atom. The first kappa shape index (κ1) is 21.5. The third kappa shape index (κ3) is 6.12. The zero-order chi connectivity index (χ0) is 20.7. The first-order chi connectivity index (χ1) is 13.3. The lowest BCUT2D eigenvalue weighted by Crippen LogP contribution is -2.34. The van der Waals surface area contributed by atoms with E-state index in [1.807, 2.05) is 0 Å². The molecule has 28 heavy (non-hydrogen) atoms. The fourth-order valence-corrected chi connectivity index (χ4v) is 2.42. The van der Waals surface area contributed by atoms with Gasteiger partial charge in [-0.15, -0.1) is 0 Å². The molecule has 0 heterocycles. The molecule has 0 aliphatic rings. The van der Waals surface area contributed by atoms with Gasteiger partial charge in [-0.2, -0.15) is 8.78 Å². The van der Waals surface area contributed by atoms with E-state index < -0.39 is 18.2 Å². The van der Waals surface area contributed by atoms with Crippen molar-refractivity contribution in [3.8, 4) is 11.5 Å². The molecular formula is C19H20F4N2O3. The van der Waals surface area contributed by atoms with Crippen molar-refractivity contribution >= 4 is 5.91 Å². The molecule has 2 N–H and O–H groups in total. The predicted molar refractivity (Wildman–Crippen MR) is 94.2 cm³/mol. The van der Waals surface area contributed by atoms with Crippen molar-refractivity contribution in [3.05, 3.63) is 59.2 Å². The van der Waals surface area contributed by atoms with Gasteiger partial charge in [-0.25, -0.2) is 8.78 Å². The van der Waals surface area contributed by atoms with Crippen LogP contribution in [-0.4, -0.2) is 26.2 Å². The van der Waals surface area contributed by atoms with Gasteiger partial charge in [-0.1, -0.05) is 12.1 Å². The fraction of sp³-hybridized carbons (Fsp3) is 0.316. The first-order valence-electron chi connectivity index (χ1n) is 8.37. The van der Waals surface area contributed by atoms with E-state index >= 15 is 0 Å². The molecule has 0 aliphatic carbocycles. The summed E-state index contributed by atoms with van der Waals surface area (Å²) in [6.45, 7) is -1.16. The van der Waals surface area contributed by atoms with Crippen LogP contribution in [0, 0.1) is 11.6 Å². The van der Waals surface area contributed by atoms with Crippen molar-refractivity contribution in [1.82, 2.24) is 10.6 Å². The molecule has 2 aromatic carbocycles. The number of rotatable bonds is 9.